The largest absolute Gasteiger partial charge is 0.364 e. The van der Waals surface area contributed by atoms with Gasteiger partial charge in [-0.05, 0) is 43.7 Å². The van der Waals surface area contributed by atoms with Crippen molar-refractivity contribution in [3.8, 4) is 0 Å². The highest BCUT2D eigenvalue weighted by molar-refractivity contribution is 7.18. The van der Waals surface area contributed by atoms with Gasteiger partial charge in [-0.3, -0.25) is 4.79 Å². The number of hydrogen-bond donors (Lipinski definition) is 0. The Morgan fingerprint density at radius 2 is 2.11 bits per heavy atom. The third-order valence-corrected chi connectivity index (χ3v) is 4.20. The lowest BCUT2D eigenvalue weighted by Crippen LogP contribution is -2.29. The molecule has 0 spiro atoms. The van der Waals surface area contributed by atoms with Crippen LogP contribution in [0.4, 0.5) is 5.69 Å². The van der Waals surface area contributed by atoms with Crippen LogP contribution in [0.15, 0.2) is 36.4 Å². The second-order valence-electron chi connectivity index (χ2n) is 4.38. The number of Topliss-reactive ketones (excluding diaryl/α,β-unsaturated/α-hetero) is 1. The number of aryl methyl sites for hydroxylation is 1. The smallest absolute Gasteiger partial charge is 0.192 e. The van der Waals surface area contributed by atoms with Gasteiger partial charge in [0.25, 0.3) is 0 Å². The molecule has 0 saturated carbocycles. The predicted octanol–water partition coefficient (Wildman–Crippen LogP) is 4.42. The molecule has 0 aliphatic carbocycles. The van der Waals surface area contributed by atoms with E-state index < -0.39 is 0 Å². The number of hydrogen-bond acceptors (Lipinski definition) is 3. The monoisotopic (exact) mass is 293 g/mol. The van der Waals surface area contributed by atoms with Crippen LogP contribution in [0.3, 0.4) is 0 Å². The minimum Gasteiger partial charge on any atom is -0.364 e. The van der Waals surface area contributed by atoms with E-state index in [-0.39, 0.29) is 5.78 Å². The van der Waals surface area contributed by atoms with Crippen molar-refractivity contribution in [1.29, 1.82) is 0 Å². The maximum Gasteiger partial charge on any atom is 0.192 e. The lowest BCUT2D eigenvalue weighted by Gasteiger charge is -2.22. The number of nitrogens with zero attached hydrogens (tertiary/aromatic N) is 1. The Kier molecular flexibility index (Phi) is 4.61. The highest BCUT2D eigenvalue weighted by Crippen LogP contribution is 2.23. The number of likely N-dealkylation sites (N-methyl/N-ethyl adjacent to an activating group) is 1. The van der Waals surface area contributed by atoms with Gasteiger partial charge in [0, 0.05) is 12.2 Å². The van der Waals surface area contributed by atoms with E-state index in [0.29, 0.717) is 10.9 Å². The molecule has 0 aliphatic heterocycles. The SMILES string of the molecule is CCN(CC(=O)c1ccc(Cl)s1)c1cccc(C)c1. The molecule has 2 rings (SSSR count). The zero-order chi connectivity index (χ0) is 13.8. The van der Waals surface area contributed by atoms with E-state index in [1.165, 1.54) is 16.9 Å². The fourth-order valence-corrected chi connectivity index (χ4v) is 2.90. The highest BCUT2D eigenvalue weighted by atomic mass is 35.5. The van der Waals surface area contributed by atoms with Gasteiger partial charge in [0.2, 0.25) is 0 Å². The molecule has 0 N–H and O–H groups in total. The Balaban J connectivity index is 2.13. The van der Waals surface area contributed by atoms with Gasteiger partial charge in [-0.2, -0.15) is 0 Å². The molecule has 19 heavy (non-hydrogen) atoms. The molecule has 100 valence electrons. The van der Waals surface area contributed by atoms with E-state index >= 15 is 0 Å². The van der Waals surface area contributed by atoms with Gasteiger partial charge >= 0.3 is 0 Å². The molecule has 2 nitrogen and oxygen atoms in total. The van der Waals surface area contributed by atoms with Crippen LogP contribution in [-0.4, -0.2) is 18.9 Å². The molecule has 0 bridgehead atoms. The van der Waals surface area contributed by atoms with Crippen molar-refractivity contribution in [1.82, 2.24) is 0 Å². The number of anilines is 1. The highest BCUT2D eigenvalue weighted by Gasteiger charge is 2.13. The van der Waals surface area contributed by atoms with Crippen molar-refractivity contribution in [2.75, 3.05) is 18.0 Å². The number of rotatable bonds is 5. The summed E-state index contributed by atoms with van der Waals surface area (Å²) in [7, 11) is 0. The van der Waals surface area contributed by atoms with Crippen LogP contribution in [0.5, 0.6) is 0 Å². The second kappa shape index (κ2) is 6.22. The molecular weight excluding hydrogens is 278 g/mol. The normalized spacial score (nSPS) is 10.5. The summed E-state index contributed by atoms with van der Waals surface area (Å²) in [6.07, 6.45) is 0. The molecule has 0 amide bonds. The van der Waals surface area contributed by atoms with Gasteiger partial charge in [-0.1, -0.05) is 23.7 Å². The van der Waals surface area contributed by atoms with Gasteiger partial charge in [0.15, 0.2) is 5.78 Å². The average molecular weight is 294 g/mol. The predicted molar refractivity (Wildman–Crippen MR) is 82.7 cm³/mol. The van der Waals surface area contributed by atoms with Crippen LogP contribution in [-0.2, 0) is 0 Å². The quantitative estimate of drug-likeness (QED) is 0.761. The van der Waals surface area contributed by atoms with Crippen molar-refractivity contribution < 1.29 is 4.79 Å². The van der Waals surface area contributed by atoms with E-state index in [9.17, 15) is 4.79 Å². The zero-order valence-corrected chi connectivity index (χ0v) is 12.6. The Morgan fingerprint density at radius 3 is 2.68 bits per heavy atom. The molecule has 2 aromatic rings. The minimum absolute atomic E-state index is 0.111. The van der Waals surface area contributed by atoms with Crippen molar-refractivity contribution >= 4 is 34.4 Å². The van der Waals surface area contributed by atoms with Crippen molar-refractivity contribution in [2.24, 2.45) is 0 Å². The van der Waals surface area contributed by atoms with Crippen LogP contribution < -0.4 is 4.90 Å². The Labute approximate surface area is 122 Å². The van der Waals surface area contributed by atoms with E-state index in [4.69, 9.17) is 11.6 Å². The standard InChI is InChI=1S/C15H16ClNOS/c1-3-17(12-6-4-5-11(2)9-12)10-13(18)14-7-8-15(16)19-14/h4-9H,3,10H2,1-2H3. The lowest BCUT2D eigenvalue weighted by molar-refractivity contribution is 0.100. The topological polar surface area (TPSA) is 20.3 Å². The van der Waals surface area contributed by atoms with Crippen molar-refractivity contribution in [2.45, 2.75) is 13.8 Å². The molecule has 0 fully saturated rings. The first-order valence-corrected chi connectivity index (χ1v) is 7.39. The van der Waals surface area contributed by atoms with E-state index in [0.717, 1.165) is 17.1 Å². The molecular formula is C15H16ClNOS. The van der Waals surface area contributed by atoms with E-state index in [2.05, 4.69) is 30.9 Å². The average Bonchev–Trinajstić information content (AvgIpc) is 2.82. The molecule has 0 atom stereocenters. The molecule has 1 heterocycles. The molecule has 4 heteroatoms. The van der Waals surface area contributed by atoms with E-state index in [1.54, 1.807) is 12.1 Å². The number of carbonyl (C=O) groups excluding carboxylic acids is 1. The summed E-state index contributed by atoms with van der Waals surface area (Å²) in [4.78, 5) is 15.0. The third-order valence-electron chi connectivity index (χ3n) is 2.93. The zero-order valence-electron chi connectivity index (χ0n) is 11.0. The van der Waals surface area contributed by atoms with Crippen LogP contribution in [0.25, 0.3) is 0 Å². The molecule has 0 radical (unpaired) electrons. The maximum atomic E-state index is 12.2. The van der Waals surface area contributed by atoms with Gasteiger partial charge < -0.3 is 4.90 Å². The van der Waals surface area contributed by atoms with Gasteiger partial charge in [-0.25, -0.2) is 0 Å². The first-order chi connectivity index (χ1) is 9.10. The summed E-state index contributed by atoms with van der Waals surface area (Å²) in [5.74, 6) is 0.111. The summed E-state index contributed by atoms with van der Waals surface area (Å²) in [5.41, 5.74) is 2.28. The molecule has 1 aromatic carbocycles. The Hall–Kier alpha value is -1.32. The number of halogens is 1. The molecule has 0 saturated heterocycles. The fraction of sp³-hybridized carbons (Fsp3) is 0.267. The summed E-state index contributed by atoms with van der Waals surface area (Å²) >= 11 is 7.20. The summed E-state index contributed by atoms with van der Waals surface area (Å²) in [5, 5.41) is 0. The van der Waals surface area contributed by atoms with Crippen LogP contribution >= 0.6 is 22.9 Å². The van der Waals surface area contributed by atoms with Gasteiger partial charge in [0.1, 0.15) is 0 Å². The minimum atomic E-state index is 0.111. The van der Waals surface area contributed by atoms with Crippen molar-refractivity contribution in [3.63, 3.8) is 0 Å². The molecule has 1 aromatic heterocycles. The molecule has 0 aliphatic rings. The van der Waals surface area contributed by atoms with Gasteiger partial charge in [-0.15, -0.1) is 11.3 Å². The summed E-state index contributed by atoms with van der Waals surface area (Å²) in [6.45, 7) is 5.29. The van der Waals surface area contributed by atoms with Crippen LogP contribution in [0.1, 0.15) is 22.2 Å². The lowest BCUT2D eigenvalue weighted by atomic mass is 10.2. The maximum absolute atomic E-state index is 12.2. The number of thiophene rings is 1. The summed E-state index contributed by atoms with van der Waals surface area (Å²) < 4.78 is 0.655. The van der Waals surface area contributed by atoms with Crippen LogP contribution in [0.2, 0.25) is 4.34 Å². The summed E-state index contributed by atoms with van der Waals surface area (Å²) in [6, 6.07) is 11.8. The van der Waals surface area contributed by atoms with E-state index in [1.807, 2.05) is 12.1 Å². The van der Waals surface area contributed by atoms with Crippen LogP contribution in [0, 0.1) is 6.92 Å². The molecule has 0 unspecified atom stereocenters. The number of carbonyl (C=O) groups is 1. The number of ketones is 1. The Bertz CT molecular complexity index is 579. The fourth-order valence-electron chi connectivity index (χ4n) is 1.93. The van der Waals surface area contributed by atoms with Crippen molar-refractivity contribution in [3.05, 3.63) is 51.2 Å². The van der Waals surface area contributed by atoms with Gasteiger partial charge in [0.05, 0.1) is 15.8 Å². The number of benzene rings is 1. The first-order valence-electron chi connectivity index (χ1n) is 6.20. The second-order valence-corrected chi connectivity index (χ2v) is 6.10. The first kappa shape index (κ1) is 14.1. The Morgan fingerprint density at radius 1 is 1.32 bits per heavy atom. The third kappa shape index (κ3) is 3.58.